The minimum absolute atomic E-state index is 0.372. The summed E-state index contributed by atoms with van der Waals surface area (Å²) in [5.41, 5.74) is -0.372. The summed E-state index contributed by atoms with van der Waals surface area (Å²) >= 11 is 0. The molecule has 1 unspecified atom stereocenters. The Morgan fingerprint density at radius 3 is 2.71 bits per heavy atom. The average molecular weight is 198 g/mol. The van der Waals surface area contributed by atoms with Crippen molar-refractivity contribution in [3.05, 3.63) is 0 Å². The Bertz CT molecular complexity index is 201. The van der Waals surface area contributed by atoms with E-state index >= 15 is 0 Å². The second-order valence-electron chi connectivity index (χ2n) is 5.01. The van der Waals surface area contributed by atoms with Crippen molar-refractivity contribution in [2.75, 3.05) is 39.8 Å². The molecule has 0 aromatic rings. The van der Waals surface area contributed by atoms with E-state index in [1.54, 1.807) is 0 Å². The van der Waals surface area contributed by atoms with Gasteiger partial charge in [0.2, 0.25) is 0 Å². The molecule has 1 N–H and O–H groups in total. The van der Waals surface area contributed by atoms with Crippen LogP contribution in [0.1, 0.15) is 19.8 Å². The molecule has 0 aromatic carbocycles. The highest BCUT2D eigenvalue weighted by Crippen LogP contribution is 2.33. The molecule has 0 bridgehead atoms. The van der Waals surface area contributed by atoms with Gasteiger partial charge >= 0.3 is 0 Å². The van der Waals surface area contributed by atoms with Crippen LogP contribution in [0.4, 0.5) is 0 Å². The van der Waals surface area contributed by atoms with E-state index in [-0.39, 0.29) is 5.60 Å². The van der Waals surface area contributed by atoms with E-state index in [4.69, 9.17) is 0 Å². The maximum atomic E-state index is 10.4. The van der Waals surface area contributed by atoms with E-state index in [9.17, 15) is 5.11 Å². The van der Waals surface area contributed by atoms with Gasteiger partial charge in [0, 0.05) is 25.6 Å². The number of β-amino-alcohol motifs (C(OH)–C–C–N with tert-alkyl or cyclic N) is 1. The predicted molar refractivity (Wildman–Crippen MR) is 57.3 cm³/mol. The Kier molecular flexibility index (Phi) is 2.82. The summed E-state index contributed by atoms with van der Waals surface area (Å²) in [6, 6.07) is 0. The predicted octanol–water partition coefficient (Wildman–Crippen LogP) is 0.395. The SMILES string of the molecule is CCN1CCCC(C2(O)CN(C)C2)C1. The van der Waals surface area contributed by atoms with Crippen LogP contribution in [0, 0.1) is 5.92 Å². The number of nitrogens with zero attached hydrogens (tertiary/aromatic N) is 2. The first-order valence-corrected chi connectivity index (χ1v) is 5.77. The first-order chi connectivity index (χ1) is 6.64. The molecule has 2 heterocycles. The molecule has 3 heteroatoms. The van der Waals surface area contributed by atoms with Crippen molar-refractivity contribution in [3.63, 3.8) is 0 Å². The molecular formula is C11H22N2O. The quantitative estimate of drug-likeness (QED) is 0.695. The number of hydrogen-bond acceptors (Lipinski definition) is 3. The normalized spacial score (nSPS) is 34.1. The lowest BCUT2D eigenvalue weighted by atomic mass is 9.76. The standard InChI is InChI=1S/C11H22N2O/c1-3-13-6-4-5-10(7-13)11(14)8-12(2)9-11/h10,14H,3-9H2,1-2H3. The fourth-order valence-electron chi connectivity index (χ4n) is 2.93. The van der Waals surface area contributed by atoms with Gasteiger partial charge in [0.05, 0.1) is 5.60 Å². The number of hydrogen-bond donors (Lipinski definition) is 1. The Labute approximate surface area is 86.7 Å². The molecule has 2 saturated heterocycles. The summed E-state index contributed by atoms with van der Waals surface area (Å²) < 4.78 is 0. The van der Waals surface area contributed by atoms with Crippen LogP contribution in [0.2, 0.25) is 0 Å². The number of likely N-dealkylation sites (tertiary alicyclic amines) is 2. The van der Waals surface area contributed by atoms with Gasteiger partial charge in [-0.2, -0.15) is 0 Å². The first-order valence-electron chi connectivity index (χ1n) is 5.77. The largest absolute Gasteiger partial charge is 0.387 e. The molecule has 1 atom stereocenters. The van der Waals surface area contributed by atoms with E-state index in [1.165, 1.54) is 19.4 Å². The summed E-state index contributed by atoms with van der Waals surface area (Å²) in [6.07, 6.45) is 2.46. The maximum Gasteiger partial charge on any atom is 0.0940 e. The van der Waals surface area contributed by atoms with E-state index in [0.717, 1.165) is 26.2 Å². The van der Waals surface area contributed by atoms with Crippen LogP contribution in [0.15, 0.2) is 0 Å². The van der Waals surface area contributed by atoms with Gasteiger partial charge in [-0.3, -0.25) is 0 Å². The van der Waals surface area contributed by atoms with Crippen molar-refractivity contribution >= 4 is 0 Å². The average Bonchev–Trinajstić information content (AvgIpc) is 2.16. The van der Waals surface area contributed by atoms with Crippen LogP contribution >= 0.6 is 0 Å². The molecular weight excluding hydrogens is 176 g/mol. The van der Waals surface area contributed by atoms with Gasteiger partial charge < -0.3 is 14.9 Å². The number of aliphatic hydroxyl groups is 1. The fourth-order valence-corrected chi connectivity index (χ4v) is 2.93. The summed E-state index contributed by atoms with van der Waals surface area (Å²) in [5.74, 6) is 0.507. The van der Waals surface area contributed by atoms with Crippen molar-refractivity contribution in [1.82, 2.24) is 9.80 Å². The monoisotopic (exact) mass is 198 g/mol. The van der Waals surface area contributed by atoms with Gasteiger partial charge in [0.25, 0.3) is 0 Å². The highest BCUT2D eigenvalue weighted by molar-refractivity contribution is 5.00. The fraction of sp³-hybridized carbons (Fsp3) is 1.00. The Morgan fingerprint density at radius 1 is 1.43 bits per heavy atom. The van der Waals surface area contributed by atoms with Gasteiger partial charge in [-0.1, -0.05) is 6.92 Å². The zero-order valence-corrected chi connectivity index (χ0v) is 9.37. The van der Waals surface area contributed by atoms with Crippen LogP contribution in [-0.2, 0) is 0 Å². The van der Waals surface area contributed by atoms with E-state index in [0.29, 0.717) is 5.92 Å². The van der Waals surface area contributed by atoms with Crippen molar-refractivity contribution in [3.8, 4) is 0 Å². The lowest BCUT2D eigenvalue weighted by Crippen LogP contribution is -2.66. The molecule has 2 aliphatic heterocycles. The smallest absolute Gasteiger partial charge is 0.0940 e. The molecule has 0 spiro atoms. The second kappa shape index (κ2) is 3.80. The molecule has 0 saturated carbocycles. The topological polar surface area (TPSA) is 26.7 Å². The molecule has 0 aliphatic carbocycles. The zero-order valence-electron chi connectivity index (χ0n) is 9.37. The lowest BCUT2D eigenvalue weighted by Gasteiger charge is -2.51. The van der Waals surface area contributed by atoms with Crippen molar-refractivity contribution in [2.24, 2.45) is 5.92 Å². The molecule has 0 amide bonds. The van der Waals surface area contributed by atoms with Crippen molar-refractivity contribution < 1.29 is 5.11 Å². The molecule has 0 radical (unpaired) electrons. The zero-order chi connectivity index (χ0) is 10.2. The Balaban J connectivity index is 1.91. The first kappa shape index (κ1) is 10.4. The number of likely N-dealkylation sites (N-methyl/N-ethyl adjacent to an activating group) is 1. The third kappa shape index (κ3) is 1.81. The van der Waals surface area contributed by atoms with E-state index in [1.807, 2.05) is 0 Å². The van der Waals surface area contributed by atoms with E-state index in [2.05, 4.69) is 23.8 Å². The van der Waals surface area contributed by atoms with Gasteiger partial charge in [-0.15, -0.1) is 0 Å². The van der Waals surface area contributed by atoms with Crippen molar-refractivity contribution in [1.29, 1.82) is 0 Å². The highest BCUT2D eigenvalue weighted by atomic mass is 16.3. The van der Waals surface area contributed by atoms with Gasteiger partial charge in [-0.25, -0.2) is 0 Å². The summed E-state index contributed by atoms with van der Waals surface area (Å²) in [7, 11) is 2.08. The Hall–Kier alpha value is -0.120. The summed E-state index contributed by atoms with van der Waals surface area (Å²) in [4.78, 5) is 4.66. The second-order valence-corrected chi connectivity index (χ2v) is 5.01. The van der Waals surface area contributed by atoms with Gasteiger partial charge in [0.1, 0.15) is 0 Å². The van der Waals surface area contributed by atoms with Crippen LogP contribution < -0.4 is 0 Å². The molecule has 2 rings (SSSR count). The molecule has 82 valence electrons. The van der Waals surface area contributed by atoms with Crippen LogP contribution in [0.5, 0.6) is 0 Å². The Morgan fingerprint density at radius 2 is 2.14 bits per heavy atom. The van der Waals surface area contributed by atoms with Gasteiger partial charge in [-0.05, 0) is 33.0 Å². The summed E-state index contributed by atoms with van der Waals surface area (Å²) in [5, 5.41) is 10.4. The number of rotatable bonds is 2. The highest BCUT2D eigenvalue weighted by Gasteiger charge is 2.46. The molecule has 14 heavy (non-hydrogen) atoms. The molecule has 3 nitrogen and oxygen atoms in total. The minimum atomic E-state index is -0.372. The van der Waals surface area contributed by atoms with Crippen LogP contribution in [-0.4, -0.2) is 60.3 Å². The third-order valence-corrected chi connectivity index (χ3v) is 3.80. The molecule has 2 aliphatic rings. The third-order valence-electron chi connectivity index (χ3n) is 3.80. The maximum absolute atomic E-state index is 10.4. The summed E-state index contributed by atoms with van der Waals surface area (Å²) in [6.45, 7) is 7.39. The van der Waals surface area contributed by atoms with Crippen molar-refractivity contribution in [2.45, 2.75) is 25.4 Å². The number of piperidine rings is 1. The lowest BCUT2D eigenvalue weighted by molar-refractivity contribution is -0.139. The minimum Gasteiger partial charge on any atom is -0.387 e. The molecule has 2 fully saturated rings. The van der Waals surface area contributed by atoms with Crippen LogP contribution in [0.25, 0.3) is 0 Å². The van der Waals surface area contributed by atoms with Crippen LogP contribution in [0.3, 0.4) is 0 Å². The van der Waals surface area contributed by atoms with E-state index < -0.39 is 0 Å². The van der Waals surface area contributed by atoms with Gasteiger partial charge in [0.15, 0.2) is 0 Å². The molecule has 0 aromatic heterocycles.